The van der Waals surface area contributed by atoms with Crippen LogP contribution < -0.4 is 16.0 Å². The van der Waals surface area contributed by atoms with Crippen LogP contribution >= 0.6 is 11.8 Å². The number of hydrogen-bond acceptors (Lipinski definition) is 3. The van der Waals surface area contributed by atoms with Crippen LogP contribution in [-0.2, 0) is 4.79 Å². The summed E-state index contributed by atoms with van der Waals surface area (Å²) in [6, 6.07) is 6.56. The molecule has 1 unspecified atom stereocenters. The van der Waals surface area contributed by atoms with E-state index in [1.54, 1.807) is 18.7 Å². The molecule has 5 nitrogen and oxygen atoms in total. The van der Waals surface area contributed by atoms with Crippen LogP contribution in [0.15, 0.2) is 29.2 Å². The molecule has 1 aromatic carbocycles. The fourth-order valence-electron chi connectivity index (χ4n) is 1.51. The van der Waals surface area contributed by atoms with E-state index in [1.165, 1.54) is 0 Å². The van der Waals surface area contributed by atoms with Crippen molar-refractivity contribution in [1.29, 1.82) is 0 Å². The summed E-state index contributed by atoms with van der Waals surface area (Å²) in [6.45, 7) is 4.24. The van der Waals surface area contributed by atoms with Crippen LogP contribution in [0.2, 0.25) is 0 Å². The zero-order valence-electron chi connectivity index (χ0n) is 12.0. The van der Waals surface area contributed by atoms with Gasteiger partial charge in [0, 0.05) is 17.1 Å². The minimum Gasteiger partial charge on any atom is -0.354 e. The number of anilines is 1. The zero-order valence-corrected chi connectivity index (χ0v) is 12.8. The lowest BCUT2D eigenvalue weighted by Gasteiger charge is -2.14. The van der Waals surface area contributed by atoms with E-state index in [0.717, 1.165) is 11.3 Å². The molecular formula is C14H21N3O2S. The van der Waals surface area contributed by atoms with Gasteiger partial charge in [-0.05, 0) is 43.9 Å². The summed E-state index contributed by atoms with van der Waals surface area (Å²) in [6.07, 6.45) is 2.86. The number of carbonyl (C=O) groups is 2. The largest absolute Gasteiger partial charge is 0.354 e. The van der Waals surface area contributed by atoms with Crippen LogP contribution in [-0.4, -0.2) is 30.8 Å². The maximum absolute atomic E-state index is 11.7. The van der Waals surface area contributed by atoms with Gasteiger partial charge in [0.25, 0.3) is 0 Å². The van der Waals surface area contributed by atoms with E-state index in [1.807, 2.05) is 37.4 Å². The Morgan fingerprint density at radius 1 is 1.25 bits per heavy atom. The van der Waals surface area contributed by atoms with Crippen molar-refractivity contribution in [2.24, 2.45) is 0 Å². The van der Waals surface area contributed by atoms with Gasteiger partial charge in [0.2, 0.25) is 5.91 Å². The predicted molar refractivity (Wildman–Crippen MR) is 83.1 cm³/mol. The lowest BCUT2D eigenvalue weighted by atomic mass is 10.3. The van der Waals surface area contributed by atoms with Crippen molar-refractivity contribution in [3.05, 3.63) is 24.3 Å². The van der Waals surface area contributed by atoms with E-state index in [9.17, 15) is 9.59 Å². The Morgan fingerprint density at radius 3 is 2.45 bits per heavy atom. The van der Waals surface area contributed by atoms with Gasteiger partial charge in [0.05, 0.1) is 0 Å². The minimum absolute atomic E-state index is 0.181. The fraction of sp³-hybridized carbons (Fsp3) is 0.429. The summed E-state index contributed by atoms with van der Waals surface area (Å²) in [4.78, 5) is 24.5. The lowest BCUT2D eigenvalue weighted by Crippen LogP contribution is -2.46. The van der Waals surface area contributed by atoms with E-state index in [-0.39, 0.29) is 11.9 Å². The van der Waals surface area contributed by atoms with Gasteiger partial charge in [0.15, 0.2) is 0 Å². The molecule has 0 aliphatic rings. The van der Waals surface area contributed by atoms with Crippen molar-refractivity contribution >= 4 is 29.4 Å². The molecule has 3 N–H and O–H groups in total. The minimum atomic E-state index is -0.563. The van der Waals surface area contributed by atoms with E-state index in [0.29, 0.717) is 12.2 Å². The number of amides is 3. The average Bonchev–Trinajstić information content (AvgIpc) is 2.45. The Morgan fingerprint density at radius 2 is 1.90 bits per heavy atom. The Balaban J connectivity index is 2.44. The van der Waals surface area contributed by atoms with Gasteiger partial charge in [-0.2, -0.15) is 0 Å². The summed E-state index contributed by atoms with van der Waals surface area (Å²) >= 11 is 1.64. The standard InChI is InChI=1S/C14H21N3O2S/c1-4-9-15-13(18)10(2)16-14(19)17-11-5-7-12(20-3)8-6-11/h5-8,10H,4,9H2,1-3H3,(H,15,18)(H2,16,17,19). The van der Waals surface area contributed by atoms with Gasteiger partial charge < -0.3 is 16.0 Å². The topological polar surface area (TPSA) is 70.2 Å². The Kier molecular flexibility index (Phi) is 6.93. The molecule has 20 heavy (non-hydrogen) atoms. The van der Waals surface area contributed by atoms with Crippen molar-refractivity contribution in [1.82, 2.24) is 10.6 Å². The number of hydrogen-bond donors (Lipinski definition) is 3. The van der Waals surface area contributed by atoms with Crippen molar-refractivity contribution in [2.75, 3.05) is 18.1 Å². The van der Waals surface area contributed by atoms with Crippen molar-refractivity contribution in [2.45, 2.75) is 31.2 Å². The first kappa shape index (κ1) is 16.4. The van der Waals surface area contributed by atoms with Gasteiger partial charge in [-0.15, -0.1) is 11.8 Å². The number of rotatable bonds is 6. The molecule has 0 bridgehead atoms. The summed E-state index contributed by atoms with van der Waals surface area (Å²) in [5.41, 5.74) is 0.696. The molecule has 0 aliphatic carbocycles. The highest BCUT2D eigenvalue weighted by molar-refractivity contribution is 7.98. The molecule has 0 fully saturated rings. The molecule has 1 atom stereocenters. The van der Waals surface area contributed by atoms with Crippen LogP contribution in [0, 0.1) is 0 Å². The van der Waals surface area contributed by atoms with E-state index < -0.39 is 6.04 Å². The van der Waals surface area contributed by atoms with Crippen molar-refractivity contribution in [3.63, 3.8) is 0 Å². The average molecular weight is 295 g/mol. The quantitative estimate of drug-likeness (QED) is 0.706. The lowest BCUT2D eigenvalue weighted by molar-refractivity contribution is -0.122. The van der Waals surface area contributed by atoms with Gasteiger partial charge in [-0.3, -0.25) is 4.79 Å². The summed E-state index contributed by atoms with van der Waals surface area (Å²) in [7, 11) is 0. The van der Waals surface area contributed by atoms with Crippen LogP contribution in [0.1, 0.15) is 20.3 Å². The van der Waals surface area contributed by atoms with Gasteiger partial charge in [-0.25, -0.2) is 4.79 Å². The molecule has 0 saturated carbocycles. The zero-order chi connectivity index (χ0) is 15.0. The second-order valence-electron chi connectivity index (χ2n) is 4.34. The molecule has 0 heterocycles. The second-order valence-corrected chi connectivity index (χ2v) is 5.22. The number of thioether (sulfide) groups is 1. The third kappa shape index (κ3) is 5.52. The third-order valence-electron chi connectivity index (χ3n) is 2.64. The maximum atomic E-state index is 11.7. The third-order valence-corrected chi connectivity index (χ3v) is 3.38. The summed E-state index contributed by atoms with van der Waals surface area (Å²) in [5.74, 6) is -0.181. The normalized spacial score (nSPS) is 11.6. The SMILES string of the molecule is CCCNC(=O)C(C)NC(=O)Nc1ccc(SC)cc1. The van der Waals surface area contributed by atoms with Gasteiger partial charge in [-0.1, -0.05) is 6.92 Å². The molecule has 1 aromatic rings. The number of nitrogens with one attached hydrogen (secondary N) is 3. The van der Waals surface area contributed by atoms with Crippen LogP contribution in [0.3, 0.4) is 0 Å². The van der Waals surface area contributed by atoms with Crippen molar-refractivity contribution in [3.8, 4) is 0 Å². The van der Waals surface area contributed by atoms with Crippen molar-refractivity contribution < 1.29 is 9.59 Å². The van der Waals surface area contributed by atoms with Gasteiger partial charge >= 0.3 is 6.03 Å². The molecule has 1 rings (SSSR count). The monoisotopic (exact) mass is 295 g/mol. The van der Waals surface area contributed by atoms with Gasteiger partial charge in [0.1, 0.15) is 6.04 Å². The molecule has 0 aromatic heterocycles. The van der Waals surface area contributed by atoms with E-state index in [2.05, 4.69) is 16.0 Å². The van der Waals surface area contributed by atoms with Crippen LogP contribution in [0.5, 0.6) is 0 Å². The highest BCUT2D eigenvalue weighted by Crippen LogP contribution is 2.17. The molecule has 6 heteroatoms. The molecule has 0 spiro atoms. The molecule has 110 valence electrons. The van der Waals surface area contributed by atoms with Crippen LogP contribution in [0.25, 0.3) is 0 Å². The second kappa shape index (κ2) is 8.47. The fourth-order valence-corrected chi connectivity index (χ4v) is 1.91. The Labute approximate surface area is 123 Å². The predicted octanol–water partition coefficient (Wildman–Crippen LogP) is 2.44. The summed E-state index contributed by atoms with van der Waals surface area (Å²) < 4.78 is 0. The number of benzene rings is 1. The van der Waals surface area contributed by atoms with E-state index >= 15 is 0 Å². The molecule has 0 saturated heterocycles. The Hall–Kier alpha value is -1.69. The smallest absolute Gasteiger partial charge is 0.319 e. The molecule has 3 amide bonds. The molecule has 0 radical (unpaired) electrons. The van der Waals surface area contributed by atoms with Crippen LogP contribution in [0.4, 0.5) is 10.5 Å². The summed E-state index contributed by atoms with van der Waals surface area (Å²) in [5, 5.41) is 8.03. The molecule has 0 aliphatic heterocycles. The maximum Gasteiger partial charge on any atom is 0.319 e. The highest BCUT2D eigenvalue weighted by atomic mass is 32.2. The first-order valence-electron chi connectivity index (χ1n) is 6.56. The first-order chi connectivity index (χ1) is 9.56. The molecular weight excluding hydrogens is 274 g/mol. The van der Waals surface area contributed by atoms with E-state index in [4.69, 9.17) is 0 Å². The first-order valence-corrected chi connectivity index (χ1v) is 7.78. The Bertz CT molecular complexity index is 448. The number of carbonyl (C=O) groups excluding carboxylic acids is 2. The number of urea groups is 1. The highest BCUT2D eigenvalue weighted by Gasteiger charge is 2.14.